The second-order valence-electron chi connectivity index (χ2n) is 5.85. The van der Waals surface area contributed by atoms with Crippen LogP contribution in [0, 0.1) is 0 Å². The number of aromatic nitrogens is 3. The van der Waals surface area contributed by atoms with Gasteiger partial charge in [0, 0.05) is 48.9 Å². The minimum absolute atomic E-state index is 0.579. The van der Waals surface area contributed by atoms with Crippen LogP contribution >= 0.6 is 0 Å². The molecule has 4 rings (SSSR count). The summed E-state index contributed by atoms with van der Waals surface area (Å²) in [6.07, 6.45) is 7.59. The van der Waals surface area contributed by atoms with Crippen molar-refractivity contribution in [3.8, 4) is 5.69 Å². The van der Waals surface area contributed by atoms with Gasteiger partial charge in [-0.2, -0.15) is 0 Å². The zero-order valence-corrected chi connectivity index (χ0v) is 14.3. The summed E-state index contributed by atoms with van der Waals surface area (Å²) in [4.78, 5) is 4.12. The second kappa shape index (κ2) is 7.06. The Morgan fingerprint density at radius 2 is 1.46 bits per heavy atom. The van der Waals surface area contributed by atoms with Crippen LogP contribution in [0.1, 0.15) is 0 Å². The van der Waals surface area contributed by atoms with Crippen LogP contribution in [0.3, 0.4) is 0 Å². The summed E-state index contributed by atoms with van der Waals surface area (Å²) < 4.78 is 3.89. The van der Waals surface area contributed by atoms with Crippen molar-refractivity contribution in [2.75, 3.05) is 5.32 Å². The van der Waals surface area contributed by atoms with Crippen molar-refractivity contribution >= 4 is 23.0 Å². The van der Waals surface area contributed by atoms with E-state index in [0.717, 1.165) is 22.7 Å². The predicted molar refractivity (Wildman–Crippen MR) is 103 cm³/mol. The smallest absolute Gasteiger partial charge is 0.249 e. The Labute approximate surface area is 151 Å². The van der Waals surface area contributed by atoms with Crippen LogP contribution in [0.4, 0.5) is 23.0 Å². The Kier molecular flexibility index (Phi) is 4.30. The highest BCUT2D eigenvalue weighted by atomic mass is 15.2. The number of benzene rings is 2. The fourth-order valence-electron chi connectivity index (χ4n) is 2.56. The third-order valence-corrected chi connectivity index (χ3v) is 3.98. The van der Waals surface area contributed by atoms with Crippen molar-refractivity contribution in [2.45, 2.75) is 0 Å². The van der Waals surface area contributed by atoms with Crippen molar-refractivity contribution in [2.24, 2.45) is 17.3 Å². The molecular weight excluding hydrogens is 324 g/mol. The summed E-state index contributed by atoms with van der Waals surface area (Å²) in [6, 6.07) is 20.1. The van der Waals surface area contributed by atoms with E-state index < -0.39 is 0 Å². The lowest BCUT2D eigenvalue weighted by Crippen LogP contribution is -1.92. The number of aryl methyl sites for hydroxylation is 1. The van der Waals surface area contributed by atoms with Gasteiger partial charge in [-0.15, -0.1) is 10.2 Å². The fraction of sp³-hybridized carbons (Fsp3) is 0.0500. The normalized spacial score (nSPS) is 11.1. The molecule has 0 aliphatic rings. The number of anilines is 2. The van der Waals surface area contributed by atoms with Crippen LogP contribution in [0.5, 0.6) is 0 Å². The lowest BCUT2D eigenvalue weighted by atomic mass is 10.2. The van der Waals surface area contributed by atoms with Gasteiger partial charge in [0.05, 0.1) is 5.69 Å². The molecule has 2 aromatic heterocycles. The SMILES string of the molecule is Cn1ccnc1N=Nc1ccc(Nc2ccc(-n3cccc3)cc2)cc1. The molecule has 128 valence electrons. The van der Waals surface area contributed by atoms with E-state index >= 15 is 0 Å². The third-order valence-electron chi connectivity index (χ3n) is 3.98. The minimum Gasteiger partial charge on any atom is -0.356 e. The van der Waals surface area contributed by atoms with E-state index in [4.69, 9.17) is 0 Å². The first-order valence-electron chi connectivity index (χ1n) is 8.27. The quantitative estimate of drug-likeness (QED) is 0.496. The van der Waals surface area contributed by atoms with Crippen LogP contribution in [-0.2, 0) is 7.05 Å². The van der Waals surface area contributed by atoms with E-state index in [1.165, 1.54) is 0 Å². The molecule has 0 aliphatic heterocycles. The molecule has 26 heavy (non-hydrogen) atoms. The maximum atomic E-state index is 4.21. The Morgan fingerprint density at radius 3 is 2.08 bits per heavy atom. The first-order chi connectivity index (χ1) is 12.8. The Morgan fingerprint density at radius 1 is 0.808 bits per heavy atom. The van der Waals surface area contributed by atoms with Crippen LogP contribution in [0.15, 0.2) is 95.7 Å². The number of nitrogens with one attached hydrogen (secondary N) is 1. The lowest BCUT2D eigenvalue weighted by Gasteiger charge is -2.08. The van der Waals surface area contributed by atoms with Crippen LogP contribution in [0.25, 0.3) is 5.69 Å². The van der Waals surface area contributed by atoms with Crippen LogP contribution in [-0.4, -0.2) is 14.1 Å². The molecule has 0 fully saturated rings. The lowest BCUT2D eigenvalue weighted by molar-refractivity contribution is 0.893. The highest BCUT2D eigenvalue weighted by Crippen LogP contribution is 2.22. The molecule has 6 nitrogen and oxygen atoms in total. The molecule has 0 aliphatic carbocycles. The van der Waals surface area contributed by atoms with Gasteiger partial charge in [-0.25, -0.2) is 4.98 Å². The maximum absolute atomic E-state index is 4.21. The van der Waals surface area contributed by atoms with Gasteiger partial charge in [-0.05, 0) is 60.7 Å². The van der Waals surface area contributed by atoms with E-state index in [0.29, 0.717) is 5.95 Å². The summed E-state index contributed by atoms with van der Waals surface area (Å²) in [6.45, 7) is 0. The van der Waals surface area contributed by atoms with E-state index in [2.05, 4.69) is 49.4 Å². The number of hydrogen-bond acceptors (Lipinski definition) is 4. The largest absolute Gasteiger partial charge is 0.356 e. The van der Waals surface area contributed by atoms with Gasteiger partial charge in [-0.3, -0.25) is 0 Å². The first kappa shape index (κ1) is 15.8. The molecule has 4 aromatic rings. The molecule has 0 bridgehead atoms. The molecule has 0 unspecified atom stereocenters. The van der Waals surface area contributed by atoms with Crippen molar-refractivity contribution in [1.29, 1.82) is 0 Å². The summed E-state index contributed by atoms with van der Waals surface area (Å²) in [5.74, 6) is 0.579. The predicted octanol–water partition coefficient (Wildman–Crippen LogP) is 5.37. The molecule has 0 radical (unpaired) electrons. The van der Waals surface area contributed by atoms with Crippen LogP contribution in [0.2, 0.25) is 0 Å². The average molecular weight is 342 g/mol. The Bertz CT molecular complexity index is 995. The van der Waals surface area contributed by atoms with Crippen LogP contribution < -0.4 is 5.32 Å². The molecule has 6 heteroatoms. The standard InChI is InChI=1S/C20H18N6/c1-25-15-12-21-20(25)24-23-18-6-4-16(5-7-18)22-17-8-10-19(11-9-17)26-13-2-3-14-26/h2-15,22H,1H3. The minimum atomic E-state index is 0.579. The molecule has 0 amide bonds. The topological polar surface area (TPSA) is 59.5 Å². The van der Waals surface area contributed by atoms with Gasteiger partial charge in [0.25, 0.3) is 0 Å². The van der Waals surface area contributed by atoms with Gasteiger partial charge in [0.2, 0.25) is 5.95 Å². The molecule has 0 spiro atoms. The van der Waals surface area contributed by atoms with Crippen molar-refractivity contribution in [3.63, 3.8) is 0 Å². The summed E-state index contributed by atoms with van der Waals surface area (Å²) in [5, 5.41) is 11.7. The highest BCUT2D eigenvalue weighted by molar-refractivity contribution is 5.62. The zero-order chi connectivity index (χ0) is 17.8. The number of rotatable bonds is 5. The number of hydrogen-bond donors (Lipinski definition) is 1. The van der Waals surface area contributed by atoms with E-state index in [-0.39, 0.29) is 0 Å². The zero-order valence-electron chi connectivity index (χ0n) is 14.3. The van der Waals surface area contributed by atoms with Gasteiger partial charge in [-0.1, -0.05) is 0 Å². The molecule has 0 saturated carbocycles. The summed E-state index contributed by atoms with van der Waals surface area (Å²) in [5.41, 5.74) is 3.94. The summed E-state index contributed by atoms with van der Waals surface area (Å²) >= 11 is 0. The molecular formula is C20H18N6. The van der Waals surface area contributed by atoms with E-state index in [1.54, 1.807) is 6.20 Å². The van der Waals surface area contributed by atoms with Crippen molar-refractivity contribution in [3.05, 3.63) is 85.5 Å². The highest BCUT2D eigenvalue weighted by Gasteiger charge is 1.99. The van der Waals surface area contributed by atoms with Gasteiger partial charge in [0.1, 0.15) is 0 Å². The van der Waals surface area contributed by atoms with Crippen molar-refractivity contribution in [1.82, 2.24) is 14.1 Å². The Hall–Kier alpha value is -3.67. The van der Waals surface area contributed by atoms with E-state index in [9.17, 15) is 0 Å². The van der Waals surface area contributed by atoms with Gasteiger partial charge < -0.3 is 14.5 Å². The second-order valence-corrected chi connectivity index (χ2v) is 5.85. The summed E-state index contributed by atoms with van der Waals surface area (Å²) in [7, 11) is 1.88. The molecule has 1 N–H and O–H groups in total. The molecule has 0 saturated heterocycles. The fourth-order valence-corrected chi connectivity index (χ4v) is 2.56. The maximum Gasteiger partial charge on any atom is 0.249 e. The molecule has 2 aromatic carbocycles. The van der Waals surface area contributed by atoms with Crippen molar-refractivity contribution < 1.29 is 0 Å². The number of nitrogens with zero attached hydrogens (tertiary/aromatic N) is 5. The molecule has 2 heterocycles. The molecule has 0 atom stereocenters. The Balaban J connectivity index is 1.42. The average Bonchev–Trinajstić information content (AvgIpc) is 3.34. The number of imidazole rings is 1. The number of azo groups is 1. The van der Waals surface area contributed by atoms with Gasteiger partial charge in [0.15, 0.2) is 0 Å². The van der Waals surface area contributed by atoms with Gasteiger partial charge >= 0.3 is 0 Å². The third kappa shape index (κ3) is 3.54. The monoisotopic (exact) mass is 342 g/mol. The first-order valence-corrected chi connectivity index (χ1v) is 8.27. The van der Waals surface area contributed by atoms with E-state index in [1.807, 2.05) is 66.6 Å².